The molecule has 0 bridgehead atoms. The van der Waals surface area contributed by atoms with Gasteiger partial charge in [0.1, 0.15) is 17.6 Å². The number of carbonyl (C=O) groups is 5. The van der Waals surface area contributed by atoms with Crippen LogP contribution in [0.4, 0.5) is 0 Å². The van der Waals surface area contributed by atoms with Crippen molar-refractivity contribution in [3.05, 3.63) is 36.9 Å². The minimum absolute atomic E-state index is 0.0818. The van der Waals surface area contributed by atoms with Crippen molar-refractivity contribution in [2.75, 3.05) is 6.61 Å². The van der Waals surface area contributed by atoms with Crippen LogP contribution in [0.15, 0.2) is 36.9 Å². The van der Waals surface area contributed by atoms with Gasteiger partial charge in [0.05, 0.1) is 31.3 Å². The maximum absolute atomic E-state index is 12.3. The van der Waals surface area contributed by atoms with Crippen LogP contribution in [-0.2, 0) is 33.4 Å². The molecule has 1 aromatic rings. The lowest BCUT2D eigenvalue weighted by molar-refractivity contribution is -0.152. The molecule has 0 amide bonds. The van der Waals surface area contributed by atoms with Gasteiger partial charge < -0.3 is 24.1 Å². The number of hydrogen-bond acceptors (Lipinski definition) is 9. The van der Waals surface area contributed by atoms with E-state index in [9.17, 15) is 24.0 Å². The highest BCUT2D eigenvalue weighted by atomic mass is 16.6. The number of esters is 4. The molecule has 1 aromatic carbocycles. The van der Waals surface area contributed by atoms with Crippen molar-refractivity contribution in [1.29, 1.82) is 0 Å². The summed E-state index contributed by atoms with van der Waals surface area (Å²) in [5.41, 5.74) is 0. The van der Waals surface area contributed by atoms with Crippen molar-refractivity contribution in [1.82, 2.24) is 0 Å². The second kappa shape index (κ2) is 13.9. The fourth-order valence-corrected chi connectivity index (χ4v) is 3.46. The van der Waals surface area contributed by atoms with Gasteiger partial charge in [0, 0.05) is 12.5 Å². The summed E-state index contributed by atoms with van der Waals surface area (Å²) in [6.07, 6.45) is 2.34. The molecule has 0 radical (unpaired) electrons. The first-order valence-corrected chi connectivity index (χ1v) is 11.4. The molecule has 1 N–H and O–H groups in total. The highest BCUT2D eigenvalue weighted by Gasteiger charge is 2.30. The van der Waals surface area contributed by atoms with Crippen LogP contribution >= 0.6 is 0 Å². The molecule has 0 aromatic heterocycles. The van der Waals surface area contributed by atoms with E-state index in [4.69, 9.17) is 24.1 Å². The van der Waals surface area contributed by atoms with Crippen molar-refractivity contribution in [2.24, 2.45) is 11.8 Å². The maximum atomic E-state index is 12.3. The topological polar surface area (TPSA) is 142 Å². The predicted octanol–water partition coefficient (Wildman–Crippen LogP) is 3.22. The van der Waals surface area contributed by atoms with Gasteiger partial charge in [-0.05, 0) is 56.9 Å². The highest BCUT2D eigenvalue weighted by Crippen LogP contribution is 2.30. The number of carbonyl (C=O) groups excluding carboxylic acids is 4. The molecule has 2 rings (SSSR count). The van der Waals surface area contributed by atoms with Crippen LogP contribution in [0.3, 0.4) is 0 Å². The van der Waals surface area contributed by atoms with Crippen LogP contribution in [0.2, 0.25) is 0 Å². The van der Waals surface area contributed by atoms with Gasteiger partial charge in [-0.2, -0.15) is 0 Å². The van der Waals surface area contributed by atoms with E-state index in [-0.39, 0.29) is 36.9 Å². The highest BCUT2D eigenvalue weighted by molar-refractivity contribution is 5.81. The van der Waals surface area contributed by atoms with E-state index in [0.29, 0.717) is 32.1 Å². The third kappa shape index (κ3) is 9.99. The predicted molar refractivity (Wildman–Crippen MR) is 121 cm³/mol. The van der Waals surface area contributed by atoms with Gasteiger partial charge >= 0.3 is 29.8 Å². The summed E-state index contributed by atoms with van der Waals surface area (Å²) in [5.74, 6) is -3.26. The molecule has 1 unspecified atom stereocenters. The standard InChI is InChI=1S/C25H30O10/c1-3-21(26)32-15-14-16(2)33-22(27)12-13-23(28)34-19-8-10-20(11-9-19)35-25(31)18-6-4-17(5-7-18)24(29)30/h3,8-11,16-18H,1,4-7,12-15H2,2H3,(H,29,30). The Kier molecular flexibility index (Phi) is 10.9. The minimum atomic E-state index is -0.836. The van der Waals surface area contributed by atoms with Gasteiger partial charge in [0.2, 0.25) is 0 Å². The number of rotatable bonds is 12. The van der Waals surface area contributed by atoms with Crippen molar-refractivity contribution in [2.45, 2.75) is 58.0 Å². The van der Waals surface area contributed by atoms with E-state index in [2.05, 4.69) is 6.58 Å². The minimum Gasteiger partial charge on any atom is -0.481 e. The maximum Gasteiger partial charge on any atom is 0.330 e. The summed E-state index contributed by atoms with van der Waals surface area (Å²) in [7, 11) is 0. The van der Waals surface area contributed by atoms with Gasteiger partial charge in [-0.3, -0.25) is 19.2 Å². The SMILES string of the molecule is C=CC(=O)OCCC(C)OC(=O)CCC(=O)Oc1ccc(OC(=O)C2CCC(C(=O)O)CC2)cc1. The van der Waals surface area contributed by atoms with Gasteiger partial charge in [0.25, 0.3) is 0 Å². The molecule has 35 heavy (non-hydrogen) atoms. The fourth-order valence-electron chi connectivity index (χ4n) is 3.46. The molecule has 10 nitrogen and oxygen atoms in total. The zero-order valence-corrected chi connectivity index (χ0v) is 19.6. The molecule has 1 saturated carbocycles. The smallest absolute Gasteiger partial charge is 0.330 e. The first kappa shape index (κ1) is 27.6. The number of aliphatic carboxylic acids is 1. The van der Waals surface area contributed by atoms with E-state index in [1.807, 2.05) is 0 Å². The van der Waals surface area contributed by atoms with E-state index in [1.54, 1.807) is 6.92 Å². The monoisotopic (exact) mass is 490 g/mol. The molecule has 1 atom stereocenters. The average molecular weight is 491 g/mol. The second-order valence-electron chi connectivity index (χ2n) is 8.21. The van der Waals surface area contributed by atoms with Crippen LogP contribution in [0, 0.1) is 11.8 Å². The van der Waals surface area contributed by atoms with Crippen molar-refractivity contribution < 1.29 is 48.0 Å². The molecule has 190 valence electrons. The molecule has 0 spiro atoms. The third-order valence-corrected chi connectivity index (χ3v) is 5.48. The van der Waals surface area contributed by atoms with Crippen LogP contribution < -0.4 is 9.47 Å². The average Bonchev–Trinajstić information content (AvgIpc) is 2.83. The quantitative estimate of drug-likeness (QED) is 0.263. The van der Waals surface area contributed by atoms with E-state index >= 15 is 0 Å². The molecule has 10 heteroatoms. The Hall–Kier alpha value is -3.69. The molecular formula is C25H30O10. The van der Waals surface area contributed by atoms with E-state index in [1.165, 1.54) is 24.3 Å². The first-order valence-electron chi connectivity index (χ1n) is 11.4. The van der Waals surface area contributed by atoms with Crippen LogP contribution in [0.5, 0.6) is 11.5 Å². The molecule has 0 heterocycles. The molecule has 0 saturated heterocycles. The van der Waals surface area contributed by atoms with Gasteiger partial charge in [-0.25, -0.2) is 4.79 Å². The third-order valence-electron chi connectivity index (χ3n) is 5.48. The van der Waals surface area contributed by atoms with E-state index < -0.39 is 41.9 Å². The van der Waals surface area contributed by atoms with E-state index in [0.717, 1.165) is 6.08 Å². The van der Waals surface area contributed by atoms with Crippen molar-refractivity contribution in [3.8, 4) is 11.5 Å². The van der Waals surface area contributed by atoms with Crippen molar-refractivity contribution in [3.63, 3.8) is 0 Å². The first-order chi connectivity index (χ1) is 16.7. The summed E-state index contributed by atoms with van der Waals surface area (Å²) in [6.45, 7) is 5.01. The summed E-state index contributed by atoms with van der Waals surface area (Å²) in [4.78, 5) is 58.2. The lowest BCUT2D eigenvalue weighted by atomic mass is 9.82. The van der Waals surface area contributed by atoms with Gasteiger partial charge in [0.15, 0.2) is 0 Å². The Bertz CT molecular complexity index is 913. The largest absolute Gasteiger partial charge is 0.481 e. The number of carboxylic acids is 1. The zero-order valence-electron chi connectivity index (χ0n) is 19.6. The molecule has 1 fully saturated rings. The Morgan fingerprint density at radius 3 is 2.06 bits per heavy atom. The molecular weight excluding hydrogens is 460 g/mol. The van der Waals surface area contributed by atoms with Crippen molar-refractivity contribution >= 4 is 29.8 Å². The molecule has 0 aliphatic heterocycles. The van der Waals surface area contributed by atoms with Gasteiger partial charge in [-0.1, -0.05) is 6.58 Å². The summed E-state index contributed by atoms with van der Waals surface area (Å²) >= 11 is 0. The summed E-state index contributed by atoms with van der Waals surface area (Å²) in [6, 6.07) is 5.90. The Morgan fingerprint density at radius 1 is 0.943 bits per heavy atom. The summed E-state index contributed by atoms with van der Waals surface area (Å²) in [5, 5.41) is 9.04. The number of benzene rings is 1. The van der Waals surface area contributed by atoms with Crippen LogP contribution in [0.25, 0.3) is 0 Å². The lowest BCUT2D eigenvalue weighted by Gasteiger charge is -2.24. The molecule has 1 aliphatic rings. The van der Waals surface area contributed by atoms with Crippen LogP contribution in [-0.4, -0.2) is 47.7 Å². The number of hydrogen-bond donors (Lipinski definition) is 1. The Labute approximate surface area is 203 Å². The lowest BCUT2D eigenvalue weighted by Crippen LogP contribution is -2.28. The van der Waals surface area contributed by atoms with Gasteiger partial charge in [-0.15, -0.1) is 0 Å². The number of ether oxygens (including phenoxy) is 4. The Balaban J connectivity index is 1.68. The molecule has 1 aliphatic carbocycles. The zero-order chi connectivity index (χ0) is 25.8. The number of carboxylic acid groups (broad SMARTS) is 1. The second-order valence-corrected chi connectivity index (χ2v) is 8.21. The normalized spacial score (nSPS) is 18.0. The fraction of sp³-hybridized carbons (Fsp3) is 0.480. The Morgan fingerprint density at radius 2 is 1.49 bits per heavy atom. The van der Waals surface area contributed by atoms with Crippen LogP contribution in [0.1, 0.15) is 51.9 Å². The summed E-state index contributed by atoms with van der Waals surface area (Å²) < 4.78 is 20.5.